The molecule has 1 atom stereocenters. The Bertz CT molecular complexity index is 448. The summed E-state index contributed by atoms with van der Waals surface area (Å²) in [6.07, 6.45) is 1.16. The lowest BCUT2D eigenvalue weighted by molar-refractivity contribution is 0.171. The molecule has 0 aliphatic heterocycles. The summed E-state index contributed by atoms with van der Waals surface area (Å²) in [5.74, 6) is 6.74. The smallest absolute Gasteiger partial charge is 0.120 e. The molecule has 0 aliphatic carbocycles. The molecule has 0 amide bonds. The Morgan fingerprint density at radius 2 is 2.15 bits per heavy atom. The second-order valence-corrected chi connectivity index (χ2v) is 4.77. The summed E-state index contributed by atoms with van der Waals surface area (Å²) in [6.45, 7) is 9.75. The van der Waals surface area contributed by atoms with Gasteiger partial charge in [-0.2, -0.15) is 0 Å². The van der Waals surface area contributed by atoms with E-state index in [0.29, 0.717) is 19.2 Å². The molecule has 0 heterocycles. The second kappa shape index (κ2) is 9.41. The number of nitrogens with zero attached hydrogens (tertiary/aromatic N) is 1. The second-order valence-electron chi connectivity index (χ2n) is 4.77. The molecule has 0 saturated heterocycles. The van der Waals surface area contributed by atoms with Gasteiger partial charge in [-0.15, -0.1) is 0 Å². The number of nitrogens with two attached hydrogens (primary N) is 1. The van der Waals surface area contributed by atoms with Crippen LogP contribution in [0.25, 0.3) is 0 Å². The lowest BCUT2D eigenvalue weighted by Crippen LogP contribution is -2.35. The molecule has 0 saturated carbocycles. The van der Waals surface area contributed by atoms with Crippen molar-refractivity contribution in [2.45, 2.75) is 33.2 Å². The van der Waals surface area contributed by atoms with Crippen molar-refractivity contribution in [1.82, 2.24) is 4.90 Å². The maximum Gasteiger partial charge on any atom is 0.120 e. The zero-order valence-electron chi connectivity index (χ0n) is 12.9. The maximum atomic E-state index is 5.81. The van der Waals surface area contributed by atoms with Gasteiger partial charge in [-0.1, -0.05) is 31.8 Å². The minimum absolute atomic E-state index is 0.380. The Balaban J connectivity index is 2.49. The van der Waals surface area contributed by atoms with Crippen LogP contribution in [0.4, 0.5) is 0 Å². The van der Waals surface area contributed by atoms with E-state index in [-0.39, 0.29) is 0 Å². The molecule has 110 valence electrons. The molecule has 0 spiro atoms. The van der Waals surface area contributed by atoms with Crippen molar-refractivity contribution in [1.29, 1.82) is 0 Å². The zero-order chi connectivity index (χ0) is 14.8. The van der Waals surface area contributed by atoms with E-state index in [9.17, 15) is 0 Å². The fourth-order valence-electron chi connectivity index (χ4n) is 2.05. The summed E-state index contributed by atoms with van der Waals surface area (Å²) in [4.78, 5) is 2.43. The lowest BCUT2D eigenvalue weighted by atomic mass is 10.2. The standard InChI is InChI=1S/C17H26N2O/c1-4-15(3)19(5-2)12-13-20-17-10-6-8-16(14-17)9-7-11-18/h6,8,10,14-15H,4-5,11-13,18H2,1-3H3. The third kappa shape index (κ3) is 5.64. The third-order valence-corrected chi connectivity index (χ3v) is 3.44. The van der Waals surface area contributed by atoms with Gasteiger partial charge in [0.05, 0.1) is 6.54 Å². The van der Waals surface area contributed by atoms with Crippen LogP contribution >= 0.6 is 0 Å². The van der Waals surface area contributed by atoms with Gasteiger partial charge in [0.25, 0.3) is 0 Å². The van der Waals surface area contributed by atoms with Crippen molar-refractivity contribution in [3.63, 3.8) is 0 Å². The first kappa shape index (κ1) is 16.6. The van der Waals surface area contributed by atoms with Gasteiger partial charge >= 0.3 is 0 Å². The largest absolute Gasteiger partial charge is 0.492 e. The van der Waals surface area contributed by atoms with Crippen molar-refractivity contribution in [3.8, 4) is 17.6 Å². The molecule has 2 N–H and O–H groups in total. The highest BCUT2D eigenvalue weighted by Gasteiger charge is 2.09. The number of benzene rings is 1. The van der Waals surface area contributed by atoms with Crippen LogP contribution in [-0.2, 0) is 0 Å². The van der Waals surface area contributed by atoms with Crippen LogP contribution in [0.15, 0.2) is 24.3 Å². The normalized spacial score (nSPS) is 11.8. The minimum Gasteiger partial charge on any atom is -0.492 e. The van der Waals surface area contributed by atoms with Gasteiger partial charge in [0.2, 0.25) is 0 Å². The molecule has 0 bridgehead atoms. The van der Waals surface area contributed by atoms with Crippen molar-refractivity contribution < 1.29 is 4.74 Å². The first-order chi connectivity index (χ1) is 9.71. The Labute approximate surface area is 123 Å². The molecule has 20 heavy (non-hydrogen) atoms. The van der Waals surface area contributed by atoms with Gasteiger partial charge in [0.1, 0.15) is 12.4 Å². The first-order valence-corrected chi connectivity index (χ1v) is 7.37. The van der Waals surface area contributed by atoms with E-state index in [1.807, 2.05) is 24.3 Å². The van der Waals surface area contributed by atoms with Gasteiger partial charge in [0.15, 0.2) is 0 Å². The van der Waals surface area contributed by atoms with Crippen LogP contribution in [0.3, 0.4) is 0 Å². The monoisotopic (exact) mass is 274 g/mol. The molecule has 3 heteroatoms. The maximum absolute atomic E-state index is 5.81. The van der Waals surface area contributed by atoms with Crippen molar-refractivity contribution in [3.05, 3.63) is 29.8 Å². The molecular formula is C17H26N2O. The SMILES string of the molecule is CCC(C)N(CC)CCOc1cccc(C#CCN)c1. The highest BCUT2D eigenvalue weighted by Crippen LogP contribution is 2.13. The summed E-state index contributed by atoms with van der Waals surface area (Å²) < 4.78 is 5.81. The Morgan fingerprint density at radius 3 is 2.80 bits per heavy atom. The quantitative estimate of drug-likeness (QED) is 0.776. The van der Waals surface area contributed by atoms with Crippen LogP contribution < -0.4 is 10.5 Å². The number of rotatable bonds is 7. The number of ether oxygens (including phenoxy) is 1. The summed E-state index contributed by atoms with van der Waals surface area (Å²) in [5.41, 5.74) is 6.32. The van der Waals surface area contributed by atoms with E-state index in [0.717, 1.165) is 30.8 Å². The average Bonchev–Trinajstić information content (AvgIpc) is 2.49. The van der Waals surface area contributed by atoms with E-state index in [2.05, 4.69) is 37.5 Å². The highest BCUT2D eigenvalue weighted by atomic mass is 16.5. The van der Waals surface area contributed by atoms with Gasteiger partial charge < -0.3 is 10.5 Å². The minimum atomic E-state index is 0.380. The van der Waals surface area contributed by atoms with Crippen molar-refractivity contribution >= 4 is 0 Å². The van der Waals surface area contributed by atoms with Crippen LogP contribution in [0.2, 0.25) is 0 Å². The molecule has 0 radical (unpaired) electrons. The Morgan fingerprint density at radius 1 is 1.35 bits per heavy atom. The third-order valence-electron chi connectivity index (χ3n) is 3.44. The number of hydrogen-bond donors (Lipinski definition) is 1. The van der Waals surface area contributed by atoms with E-state index >= 15 is 0 Å². The summed E-state index contributed by atoms with van der Waals surface area (Å²) in [5, 5.41) is 0. The first-order valence-electron chi connectivity index (χ1n) is 7.37. The summed E-state index contributed by atoms with van der Waals surface area (Å²) in [7, 11) is 0. The summed E-state index contributed by atoms with van der Waals surface area (Å²) in [6, 6.07) is 8.45. The molecular weight excluding hydrogens is 248 g/mol. The van der Waals surface area contributed by atoms with Crippen LogP contribution in [0.1, 0.15) is 32.8 Å². The average molecular weight is 274 g/mol. The highest BCUT2D eigenvalue weighted by molar-refractivity contribution is 5.39. The Hall–Kier alpha value is -1.50. The van der Waals surface area contributed by atoms with Crippen LogP contribution in [0.5, 0.6) is 5.75 Å². The van der Waals surface area contributed by atoms with E-state index < -0.39 is 0 Å². The van der Waals surface area contributed by atoms with Crippen LogP contribution in [0, 0.1) is 11.8 Å². The van der Waals surface area contributed by atoms with E-state index in [1.165, 1.54) is 0 Å². The Kier molecular flexibility index (Phi) is 7.79. The summed E-state index contributed by atoms with van der Waals surface area (Å²) >= 11 is 0. The fraction of sp³-hybridized carbons (Fsp3) is 0.529. The van der Waals surface area contributed by atoms with Gasteiger partial charge in [-0.25, -0.2) is 0 Å². The van der Waals surface area contributed by atoms with Crippen LogP contribution in [-0.4, -0.2) is 37.2 Å². The number of hydrogen-bond acceptors (Lipinski definition) is 3. The zero-order valence-corrected chi connectivity index (χ0v) is 12.9. The van der Waals surface area contributed by atoms with E-state index in [1.54, 1.807) is 0 Å². The molecule has 1 rings (SSSR count). The molecule has 0 aliphatic rings. The fourth-order valence-corrected chi connectivity index (χ4v) is 2.05. The number of likely N-dealkylation sites (N-methyl/N-ethyl adjacent to an activating group) is 1. The van der Waals surface area contributed by atoms with Crippen molar-refractivity contribution in [2.24, 2.45) is 5.73 Å². The van der Waals surface area contributed by atoms with Crippen molar-refractivity contribution in [2.75, 3.05) is 26.2 Å². The molecule has 0 fully saturated rings. The molecule has 1 unspecified atom stereocenters. The van der Waals surface area contributed by atoms with Gasteiger partial charge in [-0.3, -0.25) is 4.90 Å². The topological polar surface area (TPSA) is 38.5 Å². The van der Waals surface area contributed by atoms with Gasteiger partial charge in [-0.05, 0) is 38.1 Å². The predicted octanol–water partition coefficient (Wildman–Crippen LogP) is 2.50. The van der Waals surface area contributed by atoms with E-state index in [4.69, 9.17) is 10.5 Å². The molecule has 3 nitrogen and oxygen atoms in total. The molecule has 1 aromatic rings. The molecule has 1 aromatic carbocycles. The molecule has 0 aromatic heterocycles. The van der Waals surface area contributed by atoms with Gasteiger partial charge in [0, 0.05) is 18.2 Å². The lowest BCUT2D eigenvalue weighted by Gasteiger charge is -2.26. The predicted molar refractivity (Wildman–Crippen MR) is 84.9 cm³/mol.